The summed E-state index contributed by atoms with van der Waals surface area (Å²) in [5.74, 6) is -0.296. The number of aryl methyl sites for hydroxylation is 2. The van der Waals surface area contributed by atoms with Crippen molar-refractivity contribution in [3.63, 3.8) is 0 Å². The lowest BCUT2D eigenvalue weighted by atomic mass is 10.2. The first kappa shape index (κ1) is 36.1. The Bertz CT molecular complexity index is 2120. The molecule has 18 heteroatoms. The van der Waals surface area contributed by atoms with E-state index in [2.05, 4.69) is 18.9 Å². The van der Waals surface area contributed by atoms with E-state index in [4.69, 9.17) is 8.37 Å². The maximum absolute atomic E-state index is 12.6. The Morgan fingerprint density at radius 3 is 0.958 bits per heavy atom. The van der Waals surface area contributed by atoms with Gasteiger partial charge in [0.25, 0.3) is 0 Å². The molecule has 0 atom stereocenters. The maximum atomic E-state index is 12.6. The largest absolute Gasteiger partial charge is 0.379 e. The highest BCUT2D eigenvalue weighted by molar-refractivity contribution is 7.87. The van der Waals surface area contributed by atoms with Crippen LogP contribution in [0, 0.1) is 13.8 Å². The van der Waals surface area contributed by atoms with Crippen LogP contribution in [0.4, 0.5) is 0 Å². The molecule has 0 spiro atoms. The van der Waals surface area contributed by atoms with Crippen LogP contribution in [-0.4, -0.2) is 45.1 Å². The molecule has 0 fully saturated rings. The predicted octanol–water partition coefficient (Wildman–Crippen LogP) is 4.70. The van der Waals surface area contributed by atoms with Gasteiger partial charge in [0.1, 0.15) is 42.5 Å². The van der Waals surface area contributed by atoms with Crippen LogP contribution in [0.3, 0.4) is 0 Å². The van der Waals surface area contributed by atoms with Crippen molar-refractivity contribution in [2.45, 2.75) is 47.3 Å². The normalized spacial score (nSPS) is 13.1. The van der Waals surface area contributed by atoms with E-state index in [0.717, 1.165) is 59.7 Å². The molecule has 0 unspecified atom stereocenters. The van der Waals surface area contributed by atoms with Crippen LogP contribution >= 0.6 is 0 Å². The van der Waals surface area contributed by atoms with Crippen molar-refractivity contribution in [2.75, 3.05) is 0 Å². The fraction of sp³-hybridized carbons (Fsp3) is 0.133. The van der Waals surface area contributed by atoms with Crippen LogP contribution in [0.1, 0.15) is 25.0 Å². The molecule has 0 saturated carbocycles. The number of rotatable bonds is 13. The molecule has 0 aliphatic carbocycles. The average Bonchev–Trinajstić information content (AvgIpc) is 3.03. The molecule has 254 valence electrons. The van der Waals surface area contributed by atoms with Crippen LogP contribution < -0.4 is 8.37 Å². The molecule has 0 N–H and O–H groups in total. The van der Waals surface area contributed by atoms with Crippen molar-refractivity contribution < 1.29 is 50.6 Å². The minimum atomic E-state index is -4.49. The Kier molecular flexibility index (Phi) is 10.6. The standard InChI is InChI=1S/C30H28N2O12S4/c1-21-5-13-27(14-6-21)45(33,34)41-25-9-17-29(18-10-25)47(37,38)43-31-23(3)24(4)32-44-48(39,40)30-19-11-26(12-20-30)42-46(35,36)28-15-7-22(2)8-16-28/h5-20H,1-4H3/b31-23+,32-24+. The van der Waals surface area contributed by atoms with E-state index in [0.29, 0.717) is 0 Å². The maximum Gasteiger partial charge on any atom is 0.358 e. The summed E-state index contributed by atoms with van der Waals surface area (Å²) >= 11 is 0. The summed E-state index contributed by atoms with van der Waals surface area (Å²) in [4.78, 5) is -0.929. The number of benzene rings is 4. The summed E-state index contributed by atoms with van der Waals surface area (Å²) in [5, 5.41) is 6.94. The Morgan fingerprint density at radius 1 is 0.417 bits per heavy atom. The van der Waals surface area contributed by atoms with Gasteiger partial charge in [-0.1, -0.05) is 45.7 Å². The molecule has 0 saturated heterocycles. The van der Waals surface area contributed by atoms with Gasteiger partial charge >= 0.3 is 40.5 Å². The molecule has 0 aliphatic heterocycles. The van der Waals surface area contributed by atoms with Gasteiger partial charge in [-0.15, -0.1) is 0 Å². The third-order valence-electron chi connectivity index (χ3n) is 6.32. The molecule has 4 aromatic rings. The van der Waals surface area contributed by atoms with Gasteiger partial charge in [-0.3, -0.25) is 8.57 Å². The van der Waals surface area contributed by atoms with Crippen molar-refractivity contribution in [3.05, 3.63) is 108 Å². The molecule has 14 nitrogen and oxygen atoms in total. The lowest BCUT2D eigenvalue weighted by Crippen LogP contribution is -2.12. The fourth-order valence-electron chi connectivity index (χ4n) is 3.51. The zero-order valence-corrected chi connectivity index (χ0v) is 28.9. The van der Waals surface area contributed by atoms with Gasteiger partial charge in [0.05, 0.1) is 0 Å². The topological polar surface area (TPSA) is 198 Å². The number of hydrogen-bond donors (Lipinski definition) is 0. The van der Waals surface area contributed by atoms with Gasteiger partial charge in [0, 0.05) is 0 Å². The molecule has 4 aromatic carbocycles. The van der Waals surface area contributed by atoms with E-state index in [1.54, 1.807) is 38.1 Å². The van der Waals surface area contributed by atoms with E-state index >= 15 is 0 Å². The van der Waals surface area contributed by atoms with Gasteiger partial charge in [-0.05, 0) is 100 Å². The molecule has 0 heterocycles. The van der Waals surface area contributed by atoms with Gasteiger partial charge in [-0.2, -0.15) is 33.7 Å². The minimum absolute atomic E-state index is 0.0820. The zero-order valence-electron chi connectivity index (χ0n) is 25.7. The molecular weight excluding hydrogens is 709 g/mol. The van der Waals surface area contributed by atoms with E-state index in [9.17, 15) is 33.7 Å². The first-order valence-corrected chi connectivity index (χ1v) is 19.2. The fourth-order valence-corrected chi connectivity index (χ4v) is 6.90. The highest BCUT2D eigenvalue weighted by Crippen LogP contribution is 2.24. The number of hydrogen-bond acceptors (Lipinski definition) is 14. The van der Waals surface area contributed by atoms with Crippen molar-refractivity contribution in [1.29, 1.82) is 0 Å². The van der Waals surface area contributed by atoms with E-state index in [1.165, 1.54) is 38.1 Å². The van der Waals surface area contributed by atoms with Crippen LogP contribution in [0.25, 0.3) is 0 Å². The summed E-state index contributed by atoms with van der Waals surface area (Å²) in [6.07, 6.45) is 0. The quantitative estimate of drug-likeness (QED) is 0.104. The Labute approximate surface area is 278 Å². The Hall–Kier alpha value is -4.78. The van der Waals surface area contributed by atoms with E-state index in [1.807, 2.05) is 0 Å². The van der Waals surface area contributed by atoms with Gasteiger partial charge in [0.2, 0.25) is 0 Å². The molecule has 48 heavy (non-hydrogen) atoms. The summed E-state index contributed by atoms with van der Waals surface area (Å²) in [6, 6.07) is 20.6. The first-order chi connectivity index (χ1) is 22.4. The number of nitrogens with zero attached hydrogens (tertiary/aromatic N) is 2. The van der Waals surface area contributed by atoms with Gasteiger partial charge in [0.15, 0.2) is 0 Å². The molecule has 4 rings (SSSR count). The smallest absolute Gasteiger partial charge is 0.358 e. The summed E-state index contributed by atoms with van der Waals surface area (Å²) < 4.78 is 120. The van der Waals surface area contributed by atoms with Crippen LogP contribution in [0.5, 0.6) is 11.5 Å². The Balaban J connectivity index is 1.37. The van der Waals surface area contributed by atoms with Crippen molar-refractivity contribution in [1.82, 2.24) is 0 Å². The molecule has 0 aliphatic rings. The highest BCUT2D eigenvalue weighted by Gasteiger charge is 2.21. The lowest BCUT2D eigenvalue weighted by Gasteiger charge is -2.08. The van der Waals surface area contributed by atoms with Crippen LogP contribution in [0.15, 0.2) is 127 Å². The molecule has 0 bridgehead atoms. The molecular formula is C30H28N2O12S4. The third-order valence-corrected chi connectivity index (χ3v) is 11.1. The highest BCUT2D eigenvalue weighted by atomic mass is 32.2. The SMILES string of the molecule is CC(=N\OS(=O)(=O)c1ccc(OS(=O)(=O)c2ccc(C)cc2)cc1)/C(C)=N/OS(=O)(=O)c1ccc(OS(=O)(=O)c2ccc(C)cc2)cc1. The van der Waals surface area contributed by atoms with Crippen LogP contribution in [0.2, 0.25) is 0 Å². The van der Waals surface area contributed by atoms with E-state index in [-0.39, 0.29) is 42.5 Å². The summed E-state index contributed by atoms with van der Waals surface area (Å²) in [7, 11) is -17.3. The van der Waals surface area contributed by atoms with Crippen LogP contribution in [-0.2, 0) is 49.0 Å². The number of oxime groups is 2. The minimum Gasteiger partial charge on any atom is -0.379 e. The third kappa shape index (κ3) is 9.18. The zero-order chi connectivity index (χ0) is 35.3. The molecule has 0 radical (unpaired) electrons. The predicted molar refractivity (Wildman–Crippen MR) is 174 cm³/mol. The average molecular weight is 737 g/mol. The van der Waals surface area contributed by atoms with Gasteiger partial charge < -0.3 is 8.37 Å². The first-order valence-electron chi connectivity index (χ1n) is 13.6. The summed E-state index contributed by atoms with van der Waals surface area (Å²) in [6.45, 7) is 6.14. The van der Waals surface area contributed by atoms with Gasteiger partial charge in [-0.25, -0.2) is 0 Å². The second kappa shape index (κ2) is 14.1. The molecule has 0 aromatic heterocycles. The lowest BCUT2D eigenvalue weighted by molar-refractivity contribution is 0.334. The second-order valence-electron chi connectivity index (χ2n) is 10.1. The monoisotopic (exact) mass is 736 g/mol. The second-order valence-corrected chi connectivity index (χ2v) is 16.2. The van der Waals surface area contributed by atoms with Crippen molar-refractivity contribution >= 4 is 51.9 Å². The van der Waals surface area contributed by atoms with Crippen molar-refractivity contribution in [3.8, 4) is 11.5 Å². The van der Waals surface area contributed by atoms with E-state index < -0.39 is 40.5 Å². The van der Waals surface area contributed by atoms with Crippen molar-refractivity contribution in [2.24, 2.45) is 10.3 Å². The molecule has 0 amide bonds. The Morgan fingerprint density at radius 2 is 0.667 bits per heavy atom. The summed E-state index contributed by atoms with van der Waals surface area (Å²) in [5.41, 5.74) is 1.38.